The number of thioether (sulfide) groups is 1. The van der Waals surface area contributed by atoms with Crippen molar-refractivity contribution in [2.75, 3.05) is 12.4 Å². The zero-order valence-electron chi connectivity index (χ0n) is 11.8. The standard InChI is InChI=1S/C15H15IN4OS/c16-15-10(9-22-14(17)19-15)4-7-21-13-3-2-11(8-12(13)15)20-6-1-5-18-20/h1-3,5-6,8,10H,4,7,9H2,(H2,17,19)/t10-,15+/m1/s1. The fourth-order valence-electron chi connectivity index (χ4n) is 2.93. The third kappa shape index (κ3) is 2.30. The molecular formula is C15H15IN4OS. The topological polar surface area (TPSA) is 65.4 Å². The van der Waals surface area contributed by atoms with E-state index in [1.54, 1.807) is 18.0 Å². The first-order chi connectivity index (χ1) is 10.7. The van der Waals surface area contributed by atoms with Crippen LogP contribution in [0.25, 0.3) is 5.69 Å². The molecule has 3 heterocycles. The highest BCUT2D eigenvalue weighted by Crippen LogP contribution is 2.51. The van der Waals surface area contributed by atoms with Crippen molar-refractivity contribution in [1.29, 1.82) is 0 Å². The molecule has 0 amide bonds. The van der Waals surface area contributed by atoms with Crippen molar-refractivity contribution < 1.29 is 4.74 Å². The van der Waals surface area contributed by atoms with Crippen LogP contribution in [0.5, 0.6) is 5.75 Å². The predicted octanol–water partition coefficient (Wildman–Crippen LogP) is 2.92. The first-order valence-electron chi connectivity index (χ1n) is 7.11. The molecular weight excluding hydrogens is 411 g/mol. The van der Waals surface area contributed by atoms with Gasteiger partial charge in [0.2, 0.25) is 0 Å². The number of benzene rings is 1. The fraction of sp³-hybridized carbons (Fsp3) is 0.333. The Morgan fingerprint density at radius 3 is 3.18 bits per heavy atom. The van der Waals surface area contributed by atoms with E-state index in [-0.39, 0.29) is 3.55 Å². The molecule has 0 saturated carbocycles. The first kappa shape index (κ1) is 14.4. The maximum atomic E-state index is 6.02. The van der Waals surface area contributed by atoms with Gasteiger partial charge in [0.25, 0.3) is 0 Å². The number of aliphatic imine (C=N–C) groups is 1. The van der Waals surface area contributed by atoms with Crippen LogP contribution < -0.4 is 10.5 Å². The highest BCUT2D eigenvalue weighted by atomic mass is 127. The molecule has 2 aliphatic heterocycles. The molecule has 2 atom stereocenters. The van der Waals surface area contributed by atoms with Gasteiger partial charge < -0.3 is 10.5 Å². The zero-order valence-corrected chi connectivity index (χ0v) is 14.8. The maximum absolute atomic E-state index is 6.02. The molecule has 2 N–H and O–H groups in total. The van der Waals surface area contributed by atoms with Crippen LogP contribution >= 0.6 is 34.4 Å². The molecule has 4 rings (SSSR count). The number of nitrogens with two attached hydrogens (primary N) is 1. The Bertz CT molecular complexity index is 733. The molecule has 2 aromatic rings. The van der Waals surface area contributed by atoms with Gasteiger partial charge in [0, 0.05) is 29.6 Å². The third-order valence-electron chi connectivity index (χ3n) is 4.08. The van der Waals surface area contributed by atoms with E-state index in [4.69, 9.17) is 15.5 Å². The molecule has 0 aliphatic carbocycles. The third-order valence-corrected chi connectivity index (χ3v) is 6.74. The van der Waals surface area contributed by atoms with Crippen molar-refractivity contribution in [3.8, 4) is 11.4 Å². The Balaban J connectivity index is 1.89. The zero-order chi connectivity index (χ0) is 15.2. The van der Waals surface area contributed by atoms with Crippen LogP contribution in [0.4, 0.5) is 0 Å². The number of aromatic nitrogens is 2. The van der Waals surface area contributed by atoms with Crippen LogP contribution in [-0.2, 0) is 3.55 Å². The summed E-state index contributed by atoms with van der Waals surface area (Å²) < 4.78 is 7.45. The molecule has 1 aromatic carbocycles. The Hall–Kier alpha value is -1.22. The molecule has 2 aliphatic rings. The summed E-state index contributed by atoms with van der Waals surface area (Å²) in [6, 6.07) is 8.08. The van der Waals surface area contributed by atoms with E-state index in [1.807, 2.05) is 29.1 Å². The number of hydrogen-bond donors (Lipinski definition) is 1. The SMILES string of the molecule is NC1=N[C@]2(I)c3cc(-n4cccn4)ccc3OCC[C@@H]2CS1. The predicted molar refractivity (Wildman–Crippen MR) is 96.9 cm³/mol. The summed E-state index contributed by atoms with van der Waals surface area (Å²) in [6.45, 7) is 0.722. The Morgan fingerprint density at radius 2 is 2.36 bits per heavy atom. The van der Waals surface area contributed by atoms with Gasteiger partial charge in [0.1, 0.15) is 9.30 Å². The molecule has 114 valence electrons. The van der Waals surface area contributed by atoms with Crippen molar-refractivity contribution in [1.82, 2.24) is 9.78 Å². The van der Waals surface area contributed by atoms with Gasteiger partial charge in [0.15, 0.2) is 5.17 Å². The van der Waals surface area contributed by atoms with Gasteiger partial charge in [-0.3, -0.25) is 0 Å². The smallest absolute Gasteiger partial charge is 0.155 e. The second-order valence-electron chi connectivity index (χ2n) is 5.40. The molecule has 7 heteroatoms. The van der Waals surface area contributed by atoms with Crippen LogP contribution in [0.15, 0.2) is 41.7 Å². The van der Waals surface area contributed by atoms with Crippen LogP contribution in [0.3, 0.4) is 0 Å². The summed E-state index contributed by atoms with van der Waals surface area (Å²) in [5.41, 5.74) is 8.12. The first-order valence-corrected chi connectivity index (χ1v) is 9.17. The largest absolute Gasteiger partial charge is 0.493 e. The number of nitrogens with zero attached hydrogens (tertiary/aromatic N) is 3. The molecule has 1 aromatic heterocycles. The van der Waals surface area contributed by atoms with Crippen molar-refractivity contribution >= 4 is 39.5 Å². The summed E-state index contributed by atoms with van der Waals surface area (Å²) in [5, 5.41) is 4.96. The molecule has 22 heavy (non-hydrogen) atoms. The number of ether oxygens (including phenoxy) is 1. The fourth-order valence-corrected chi connectivity index (χ4v) is 5.59. The van der Waals surface area contributed by atoms with Gasteiger partial charge in [-0.2, -0.15) is 5.10 Å². The quantitative estimate of drug-likeness (QED) is 0.433. The lowest BCUT2D eigenvalue weighted by Gasteiger charge is -2.35. The lowest BCUT2D eigenvalue weighted by atomic mass is 9.92. The van der Waals surface area contributed by atoms with Gasteiger partial charge in [-0.05, 0) is 53.3 Å². The number of fused-ring (bicyclic) bond motifs is 3. The highest BCUT2D eigenvalue weighted by Gasteiger charge is 2.44. The van der Waals surface area contributed by atoms with Gasteiger partial charge >= 0.3 is 0 Å². The summed E-state index contributed by atoms with van der Waals surface area (Å²) in [4.78, 5) is 4.79. The minimum atomic E-state index is -0.359. The Morgan fingerprint density at radius 1 is 1.45 bits per heavy atom. The molecule has 0 saturated heterocycles. The van der Waals surface area contributed by atoms with Gasteiger partial charge in [0.05, 0.1) is 12.3 Å². The second-order valence-corrected chi connectivity index (χ2v) is 8.08. The van der Waals surface area contributed by atoms with E-state index in [9.17, 15) is 0 Å². The van der Waals surface area contributed by atoms with E-state index < -0.39 is 0 Å². The average molecular weight is 426 g/mol. The minimum Gasteiger partial charge on any atom is -0.493 e. The Labute approximate surface area is 146 Å². The van der Waals surface area contributed by atoms with Crippen molar-refractivity contribution in [2.45, 2.75) is 9.97 Å². The van der Waals surface area contributed by atoms with E-state index in [2.05, 4.69) is 33.8 Å². The number of halogens is 1. The van der Waals surface area contributed by atoms with E-state index in [1.165, 1.54) is 0 Å². The van der Waals surface area contributed by atoms with Crippen molar-refractivity contribution in [3.05, 3.63) is 42.2 Å². The maximum Gasteiger partial charge on any atom is 0.155 e. The lowest BCUT2D eigenvalue weighted by Crippen LogP contribution is -2.35. The number of hydrogen-bond acceptors (Lipinski definition) is 5. The summed E-state index contributed by atoms with van der Waals surface area (Å²) in [5.74, 6) is 2.29. The minimum absolute atomic E-state index is 0.359. The van der Waals surface area contributed by atoms with Crippen LogP contribution in [-0.4, -0.2) is 27.3 Å². The molecule has 0 fully saturated rings. The molecule has 0 unspecified atom stereocenters. The summed E-state index contributed by atoms with van der Waals surface area (Å²) >= 11 is 4.08. The van der Waals surface area contributed by atoms with Gasteiger partial charge in [-0.1, -0.05) is 11.8 Å². The van der Waals surface area contributed by atoms with E-state index >= 15 is 0 Å². The van der Waals surface area contributed by atoms with Gasteiger partial charge in [-0.25, -0.2) is 9.67 Å². The lowest BCUT2D eigenvalue weighted by molar-refractivity contribution is 0.294. The number of rotatable bonds is 1. The monoisotopic (exact) mass is 426 g/mol. The van der Waals surface area contributed by atoms with E-state index in [0.717, 1.165) is 35.8 Å². The summed E-state index contributed by atoms with van der Waals surface area (Å²) in [7, 11) is 0. The number of alkyl halides is 1. The molecule has 0 bridgehead atoms. The summed E-state index contributed by atoms with van der Waals surface area (Å²) in [6.07, 6.45) is 4.70. The Kier molecular flexibility index (Phi) is 3.56. The normalized spacial score (nSPS) is 27.1. The van der Waals surface area contributed by atoms with Gasteiger partial charge in [-0.15, -0.1) is 0 Å². The second kappa shape index (κ2) is 5.45. The highest BCUT2D eigenvalue weighted by molar-refractivity contribution is 14.1. The van der Waals surface area contributed by atoms with Crippen LogP contribution in [0, 0.1) is 5.92 Å². The molecule has 0 spiro atoms. The van der Waals surface area contributed by atoms with Crippen LogP contribution in [0.2, 0.25) is 0 Å². The number of amidine groups is 1. The molecule has 5 nitrogen and oxygen atoms in total. The molecule has 0 radical (unpaired) electrons. The van der Waals surface area contributed by atoms with Crippen molar-refractivity contribution in [3.63, 3.8) is 0 Å². The van der Waals surface area contributed by atoms with Crippen LogP contribution in [0.1, 0.15) is 12.0 Å². The van der Waals surface area contributed by atoms with Crippen molar-refractivity contribution in [2.24, 2.45) is 16.6 Å². The average Bonchev–Trinajstić information content (AvgIpc) is 2.99. The van der Waals surface area contributed by atoms with E-state index in [0.29, 0.717) is 11.1 Å².